The summed E-state index contributed by atoms with van der Waals surface area (Å²) in [6.45, 7) is 19.9. The molecule has 52 heavy (non-hydrogen) atoms. The number of hydrogen-bond donors (Lipinski definition) is 0. The summed E-state index contributed by atoms with van der Waals surface area (Å²) in [7, 11) is 0. The number of halogens is 6. The molecule has 1 aliphatic heterocycles. The summed E-state index contributed by atoms with van der Waals surface area (Å²) >= 11 is 19.8. The minimum absolute atomic E-state index is 0. The van der Waals surface area contributed by atoms with E-state index in [4.69, 9.17) is 19.5 Å². The van der Waals surface area contributed by atoms with Crippen molar-refractivity contribution in [1.29, 1.82) is 0 Å². The molecule has 0 aromatic heterocycles. The number of fused-ring (bicyclic) bond motifs is 2. The molecular weight excluding hydrogens is 1100 g/mol. The fourth-order valence-corrected chi connectivity index (χ4v) is 8.52. The van der Waals surface area contributed by atoms with E-state index in [1.807, 2.05) is 6.21 Å². The van der Waals surface area contributed by atoms with Crippen molar-refractivity contribution in [2.24, 2.45) is 9.98 Å². The standard InChI is InChI=1S/C27H38N2.C12H2Br6O4.Ni/c1-17(2)22-12-10-13-23(18(3)4)26(22)28-16-21(9)29-27-24(19(5)6)14-11-15-25(27)20(7)8;13-1-2(14)4(16)10-9(3(1)15)21-11-5(17)7(19)8(20)6(18)12(11)22-10;/h10-20H,1-9H3;19-20H;/q;;+2/p-2. The number of benzene rings is 4. The average molecular weight is 1140 g/mol. The SMILES string of the molecule is CC(C=Nc1c(C(C)C)cccc1C(C)C)=Nc1c(C(C)C)cccc1C(C)C.[Ni+2].[O-]c1c([O-])c(Br)c2c(c1Br)Oc1c(Br)c(Br)c(Br)c(Br)c1O2. The molecule has 0 bridgehead atoms. The van der Waals surface area contributed by atoms with Crippen LogP contribution in [0.4, 0.5) is 11.4 Å². The molecule has 1 heterocycles. The second-order valence-corrected chi connectivity index (χ2v) is 18.0. The van der Waals surface area contributed by atoms with Crippen molar-refractivity contribution in [3.63, 3.8) is 0 Å². The second-order valence-electron chi connectivity index (χ2n) is 13.3. The molecule has 0 spiro atoms. The zero-order chi connectivity index (χ0) is 38.1. The van der Waals surface area contributed by atoms with Crippen LogP contribution in [-0.2, 0) is 16.5 Å². The minimum Gasteiger partial charge on any atom is -0.872 e. The number of ether oxygens (including phenoxy) is 2. The first-order valence-electron chi connectivity index (χ1n) is 16.3. The van der Waals surface area contributed by atoms with Gasteiger partial charge in [-0.1, -0.05) is 103 Å². The molecule has 0 amide bonds. The van der Waals surface area contributed by atoms with Crippen LogP contribution in [0, 0.1) is 0 Å². The third kappa shape index (κ3) is 9.59. The van der Waals surface area contributed by atoms with Crippen LogP contribution >= 0.6 is 95.6 Å². The summed E-state index contributed by atoms with van der Waals surface area (Å²) in [5, 5.41) is 23.8. The second kappa shape index (κ2) is 19.1. The van der Waals surface area contributed by atoms with E-state index in [-0.39, 0.29) is 36.9 Å². The molecule has 13 heteroatoms. The Labute approximate surface area is 367 Å². The fraction of sp³-hybridized carbons (Fsp3) is 0.333. The molecule has 4 aromatic rings. The zero-order valence-electron chi connectivity index (χ0n) is 30.0. The first-order chi connectivity index (χ1) is 23.9. The van der Waals surface area contributed by atoms with Gasteiger partial charge in [0.25, 0.3) is 0 Å². The summed E-state index contributed by atoms with van der Waals surface area (Å²) in [6.07, 6.45) is 1.94. The minimum atomic E-state index is -0.705. The van der Waals surface area contributed by atoms with Gasteiger partial charge in [0.1, 0.15) is 0 Å². The Morgan fingerprint density at radius 1 is 0.538 bits per heavy atom. The Hall–Kier alpha value is -1.21. The molecule has 4 aromatic carbocycles. The largest absolute Gasteiger partial charge is 2.00 e. The number of para-hydroxylation sites is 2. The maximum atomic E-state index is 11.9. The topological polar surface area (TPSA) is 89.3 Å². The van der Waals surface area contributed by atoms with Crippen LogP contribution in [0.25, 0.3) is 0 Å². The molecule has 1 aliphatic rings. The average Bonchev–Trinajstić information content (AvgIpc) is 3.09. The molecule has 0 N–H and O–H groups in total. The Kier molecular flexibility index (Phi) is 16.6. The van der Waals surface area contributed by atoms with Gasteiger partial charge in [0.15, 0.2) is 23.0 Å². The van der Waals surface area contributed by atoms with Gasteiger partial charge in [-0.05, 0) is 148 Å². The first kappa shape index (κ1) is 45.2. The van der Waals surface area contributed by atoms with E-state index in [9.17, 15) is 10.2 Å². The van der Waals surface area contributed by atoms with Crippen LogP contribution in [0.15, 0.2) is 73.2 Å². The number of hydrogen-bond acceptors (Lipinski definition) is 6. The third-order valence-corrected chi connectivity index (χ3v) is 14.3. The Morgan fingerprint density at radius 3 is 1.17 bits per heavy atom. The normalized spacial score (nSPS) is 12.4. The molecule has 0 unspecified atom stereocenters. The van der Waals surface area contributed by atoms with Gasteiger partial charge in [0, 0.05) is 6.21 Å². The Balaban J connectivity index is 0.000000284. The van der Waals surface area contributed by atoms with Crippen LogP contribution in [0.3, 0.4) is 0 Å². The quantitative estimate of drug-likeness (QED) is 0.0703. The van der Waals surface area contributed by atoms with Crippen molar-refractivity contribution in [2.45, 2.75) is 86.0 Å². The maximum absolute atomic E-state index is 11.9. The van der Waals surface area contributed by atoms with E-state index < -0.39 is 11.5 Å². The molecule has 6 nitrogen and oxygen atoms in total. The monoisotopic (exact) mass is 1130 g/mol. The van der Waals surface area contributed by atoms with Crippen molar-refractivity contribution >= 4 is 119 Å². The van der Waals surface area contributed by atoms with E-state index in [0.717, 1.165) is 17.1 Å². The molecule has 0 radical (unpaired) electrons. The first-order valence-corrected chi connectivity index (χ1v) is 21.1. The summed E-state index contributed by atoms with van der Waals surface area (Å²) in [6, 6.07) is 13.1. The van der Waals surface area contributed by atoms with E-state index in [0.29, 0.717) is 53.1 Å². The van der Waals surface area contributed by atoms with Crippen molar-refractivity contribution < 1.29 is 36.2 Å². The number of rotatable bonds is 7. The van der Waals surface area contributed by atoms with Crippen molar-refractivity contribution in [1.82, 2.24) is 0 Å². The van der Waals surface area contributed by atoms with Crippen LogP contribution in [-0.4, -0.2) is 11.9 Å². The predicted molar refractivity (Wildman–Crippen MR) is 228 cm³/mol. The number of aliphatic imine (C=N–C) groups is 2. The van der Waals surface area contributed by atoms with E-state index in [1.165, 1.54) is 22.3 Å². The van der Waals surface area contributed by atoms with Gasteiger partial charge in [0.2, 0.25) is 0 Å². The van der Waals surface area contributed by atoms with E-state index in [2.05, 4.69) is 194 Å². The van der Waals surface area contributed by atoms with Crippen LogP contribution in [0.1, 0.15) is 108 Å². The zero-order valence-corrected chi connectivity index (χ0v) is 40.5. The molecule has 5 rings (SSSR count). The third-order valence-electron chi connectivity index (χ3n) is 8.15. The molecule has 0 fully saturated rings. The number of nitrogens with zero attached hydrogens (tertiary/aromatic N) is 2. The Morgan fingerprint density at radius 2 is 0.846 bits per heavy atom. The molecule has 0 saturated heterocycles. The van der Waals surface area contributed by atoms with Gasteiger partial charge in [-0.2, -0.15) is 0 Å². The smallest absolute Gasteiger partial charge is 0.872 e. The predicted octanol–water partition coefficient (Wildman–Crippen LogP) is 15.0. The van der Waals surface area contributed by atoms with Gasteiger partial charge in [-0.3, -0.25) is 9.98 Å². The van der Waals surface area contributed by atoms with Crippen LogP contribution in [0.5, 0.6) is 34.5 Å². The van der Waals surface area contributed by atoms with Gasteiger partial charge < -0.3 is 19.7 Å². The van der Waals surface area contributed by atoms with Crippen molar-refractivity contribution in [3.05, 3.63) is 85.5 Å². The van der Waals surface area contributed by atoms with Crippen molar-refractivity contribution in [3.8, 4) is 34.5 Å². The van der Waals surface area contributed by atoms with Crippen LogP contribution in [0.2, 0.25) is 0 Å². The summed E-state index contributed by atoms with van der Waals surface area (Å²) in [5.74, 6) is 1.38. The fourth-order valence-electron chi connectivity index (χ4n) is 5.43. The Bertz CT molecular complexity index is 1840. The van der Waals surface area contributed by atoms with E-state index >= 15 is 0 Å². The molecule has 0 aliphatic carbocycles. The van der Waals surface area contributed by atoms with Gasteiger partial charge in [0.05, 0.1) is 43.9 Å². The summed E-state index contributed by atoms with van der Waals surface area (Å²) in [4.78, 5) is 9.97. The van der Waals surface area contributed by atoms with E-state index in [1.54, 1.807) is 0 Å². The van der Waals surface area contributed by atoms with Crippen molar-refractivity contribution in [2.75, 3.05) is 0 Å². The molecule has 0 saturated carbocycles. The molecule has 0 atom stereocenters. The molecule has 280 valence electrons. The molecular formula is C39H38Br6N2NiO4. The van der Waals surface area contributed by atoms with Gasteiger partial charge >= 0.3 is 16.5 Å². The van der Waals surface area contributed by atoms with Gasteiger partial charge in [-0.15, -0.1) is 0 Å². The summed E-state index contributed by atoms with van der Waals surface area (Å²) in [5.41, 5.74) is 8.35. The summed E-state index contributed by atoms with van der Waals surface area (Å²) < 4.78 is 14.3. The maximum Gasteiger partial charge on any atom is 2.00 e. The van der Waals surface area contributed by atoms with Gasteiger partial charge in [-0.25, -0.2) is 0 Å². The van der Waals surface area contributed by atoms with Crippen LogP contribution < -0.4 is 19.7 Å².